The molecule has 3 aliphatic heterocycles. The first kappa shape index (κ1) is 21.7. The Bertz CT molecular complexity index is 1190. The standard InChI is InChI=1S/C26H29N5O2S/c1-33-25-12-17(7-8-27-25)16-5-6-21(23(32)11-16)22-15-24-26(30-29-22)31(9-10-34-24)20-13-18-3-2-4-19(14-20)28-18/h5-8,11-12,15,18-20,28,32H,2-4,9-10,13-14H2,1H3/t18-,19+,20?. The molecule has 1 unspecified atom stereocenters. The van der Waals surface area contributed by atoms with E-state index in [1.807, 2.05) is 36.0 Å². The number of anilines is 1. The topological polar surface area (TPSA) is 83.4 Å². The second-order valence-corrected chi connectivity index (χ2v) is 10.5. The van der Waals surface area contributed by atoms with Crippen LogP contribution in [0.4, 0.5) is 5.82 Å². The summed E-state index contributed by atoms with van der Waals surface area (Å²) in [4.78, 5) is 7.80. The third-order valence-electron chi connectivity index (χ3n) is 7.28. The highest BCUT2D eigenvalue weighted by Gasteiger charge is 2.36. The molecule has 2 N–H and O–H groups in total. The maximum Gasteiger partial charge on any atom is 0.213 e. The summed E-state index contributed by atoms with van der Waals surface area (Å²) in [7, 11) is 1.59. The average molecular weight is 476 g/mol. The van der Waals surface area contributed by atoms with Gasteiger partial charge in [0.15, 0.2) is 5.82 Å². The van der Waals surface area contributed by atoms with E-state index in [0.717, 1.165) is 34.1 Å². The molecule has 5 heterocycles. The smallest absolute Gasteiger partial charge is 0.213 e. The van der Waals surface area contributed by atoms with Crippen molar-refractivity contribution in [1.29, 1.82) is 0 Å². The SMILES string of the molecule is COc1cc(-c2ccc(-c3cc4c(nn3)N(C3C[C@H]5CCC[C@@H](C3)N5)CCS4)c(O)c2)ccn1. The van der Waals surface area contributed by atoms with Crippen molar-refractivity contribution in [2.75, 3.05) is 24.3 Å². The molecular weight excluding hydrogens is 446 g/mol. The van der Waals surface area contributed by atoms with Gasteiger partial charge in [-0.05, 0) is 61.1 Å². The van der Waals surface area contributed by atoms with Crippen molar-refractivity contribution in [3.05, 3.63) is 42.6 Å². The highest BCUT2D eigenvalue weighted by molar-refractivity contribution is 7.99. The fourth-order valence-electron chi connectivity index (χ4n) is 5.64. The van der Waals surface area contributed by atoms with Gasteiger partial charge in [0.25, 0.3) is 0 Å². The van der Waals surface area contributed by atoms with Gasteiger partial charge in [0.2, 0.25) is 5.88 Å². The fourth-order valence-corrected chi connectivity index (χ4v) is 6.63. The van der Waals surface area contributed by atoms with Crippen molar-refractivity contribution in [3.63, 3.8) is 0 Å². The normalized spacial score (nSPS) is 23.9. The lowest BCUT2D eigenvalue weighted by molar-refractivity contribution is 0.216. The highest BCUT2D eigenvalue weighted by Crippen LogP contribution is 2.40. The number of hydrogen-bond donors (Lipinski definition) is 2. The zero-order chi connectivity index (χ0) is 23.1. The number of nitrogens with zero attached hydrogens (tertiary/aromatic N) is 4. The van der Waals surface area contributed by atoms with Crippen LogP contribution >= 0.6 is 11.8 Å². The van der Waals surface area contributed by atoms with E-state index >= 15 is 0 Å². The second kappa shape index (κ2) is 9.07. The largest absolute Gasteiger partial charge is 0.507 e. The van der Waals surface area contributed by atoms with Crippen LogP contribution in [0.1, 0.15) is 32.1 Å². The van der Waals surface area contributed by atoms with E-state index in [4.69, 9.17) is 4.74 Å². The molecule has 2 fully saturated rings. The van der Waals surface area contributed by atoms with Crippen molar-refractivity contribution < 1.29 is 9.84 Å². The number of aromatic hydroxyl groups is 1. The number of nitrogens with one attached hydrogen (secondary N) is 1. The zero-order valence-electron chi connectivity index (χ0n) is 19.3. The maximum absolute atomic E-state index is 10.8. The van der Waals surface area contributed by atoms with E-state index < -0.39 is 0 Å². The number of rotatable bonds is 4. The van der Waals surface area contributed by atoms with E-state index in [0.29, 0.717) is 35.3 Å². The predicted octanol–water partition coefficient (Wildman–Crippen LogP) is 4.51. The van der Waals surface area contributed by atoms with Gasteiger partial charge in [0.05, 0.1) is 17.7 Å². The van der Waals surface area contributed by atoms with E-state index in [1.165, 1.54) is 32.1 Å². The first-order chi connectivity index (χ1) is 16.7. The molecule has 2 saturated heterocycles. The van der Waals surface area contributed by atoms with Gasteiger partial charge in [-0.25, -0.2) is 4.98 Å². The van der Waals surface area contributed by atoms with Gasteiger partial charge in [0, 0.05) is 48.2 Å². The summed E-state index contributed by atoms with van der Waals surface area (Å²) >= 11 is 1.83. The van der Waals surface area contributed by atoms with Gasteiger partial charge in [-0.3, -0.25) is 0 Å². The predicted molar refractivity (Wildman–Crippen MR) is 135 cm³/mol. The lowest BCUT2D eigenvalue weighted by Crippen LogP contribution is -2.55. The molecule has 3 atom stereocenters. The number of fused-ring (bicyclic) bond motifs is 3. The Labute approximate surface area is 204 Å². The number of aromatic nitrogens is 3. The quantitative estimate of drug-likeness (QED) is 0.571. The molecule has 34 heavy (non-hydrogen) atoms. The van der Waals surface area contributed by atoms with Crippen molar-refractivity contribution in [2.24, 2.45) is 0 Å². The van der Waals surface area contributed by atoms with Crippen LogP contribution in [0.3, 0.4) is 0 Å². The highest BCUT2D eigenvalue weighted by atomic mass is 32.2. The lowest BCUT2D eigenvalue weighted by atomic mass is 9.83. The van der Waals surface area contributed by atoms with E-state index in [9.17, 15) is 5.11 Å². The van der Waals surface area contributed by atoms with E-state index in [-0.39, 0.29) is 5.75 Å². The Balaban J connectivity index is 1.27. The number of piperidine rings is 2. The Hall–Kier alpha value is -2.84. The number of phenols is 1. The molecule has 8 heteroatoms. The summed E-state index contributed by atoms with van der Waals surface area (Å²) in [5.74, 6) is 2.78. The summed E-state index contributed by atoms with van der Waals surface area (Å²) in [5, 5.41) is 23.9. The number of ether oxygens (including phenoxy) is 1. The molecule has 0 amide bonds. The van der Waals surface area contributed by atoms with Crippen LogP contribution < -0.4 is 15.0 Å². The van der Waals surface area contributed by atoms with Gasteiger partial charge in [-0.15, -0.1) is 22.0 Å². The number of pyridine rings is 1. The Morgan fingerprint density at radius 1 is 1.06 bits per heavy atom. The molecule has 2 bridgehead atoms. The van der Waals surface area contributed by atoms with Crippen LogP contribution in [0.25, 0.3) is 22.4 Å². The number of methoxy groups -OCH3 is 1. The summed E-state index contributed by atoms with van der Waals surface area (Å²) in [6.07, 6.45) is 8.00. The van der Waals surface area contributed by atoms with Crippen LogP contribution in [0.5, 0.6) is 11.6 Å². The first-order valence-electron chi connectivity index (χ1n) is 12.0. The van der Waals surface area contributed by atoms with Gasteiger partial charge < -0.3 is 20.1 Å². The minimum absolute atomic E-state index is 0.186. The zero-order valence-corrected chi connectivity index (χ0v) is 20.1. The van der Waals surface area contributed by atoms with Crippen LogP contribution in [-0.4, -0.2) is 57.8 Å². The molecule has 0 radical (unpaired) electrons. The van der Waals surface area contributed by atoms with Crippen LogP contribution in [0.2, 0.25) is 0 Å². The summed E-state index contributed by atoms with van der Waals surface area (Å²) < 4.78 is 5.22. The van der Waals surface area contributed by atoms with Crippen molar-refractivity contribution in [3.8, 4) is 34.0 Å². The van der Waals surface area contributed by atoms with E-state index in [2.05, 4.69) is 31.5 Å². The van der Waals surface area contributed by atoms with Crippen LogP contribution in [0, 0.1) is 0 Å². The summed E-state index contributed by atoms with van der Waals surface area (Å²) in [6.45, 7) is 1.02. The maximum atomic E-state index is 10.8. The van der Waals surface area contributed by atoms with Crippen molar-refractivity contribution in [1.82, 2.24) is 20.5 Å². The molecule has 2 aromatic heterocycles. The second-order valence-electron chi connectivity index (χ2n) is 9.39. The molecule has 1 aromatic carbocycles. The minimum atomic E-state index is 0.186. The Kier molecular flexibility index (Phi) is 5.79. The molecule has 3 aliphatic rings. The Morgan fingerprint density at radius 3 is 2.68 bits per heavy atom. The summed E-state index contributed by atoms with van der Waals surface area (Å²) in [5.41, 5.74) is 3.22. The number of phenolic OH excluding ortho intramolecular Hbond substituents is 1. The molecule has 3 aromatic rings. The number of hydrogen-bond acceptors (Lipinski definition) is 8. The molecular formula is C26H29N5O2S. The lowest BCUT2D eigenvalue weighted by Gasteiger charge is -2.46. The fraction of sp³-hybridized carbons (Fsp3) is 0.423. The first-order valence-corrected chi connectivity index (χ1v) is 13.0. The number of thioether (sulfide) groups is 1. The summed E-state index contributed by atoms with van der Waals surface area (Å²) in [6, 6.07) is 13.3. The molecule has 0 aliphatic carbocycles. The van der Waals surface area contributed by atoms with Gasteiger partial charge in [0.1, 0.15) is 5.75 Å². The van der Waals surface area contributed by atoms with Gasteiger partial charge in [-0.1, -0.05) is 12.5 Å². The molecule has 6 rings (SSSR count). The van der Waals surface area contributed by atoms with Gasteiger partial charge >= 0.3 is 0 Å². The number of benzene rings is 1. The third kappa shape index (κ3) is 4.09. The average Bonchev–Trinajstić information content (AvgIpc) is 2.87. The van der Waals surface area contributed by atoms with Crippen molar-refractivity contribution >= 4 is 17.6 Å². The Morgan fingerprint density at radius 2 is 1.88 bits per heavy atom. The van der Waals surface area contributed by atoms with E-state index in [1.54, 1.807) is 19.4 Å². The molecule has 176 valence electrons. The minimum Gasteiger partial charge on any atom is -0.507 e. The monoisotopic (exact) mass is 475 g/mol. The van der Waals surface area contributed by atoms with Crippen LogP contribution in [0.15, 0.2) is 47.5 Å². The van der Waals surface area contributed by atoms with Crippen molar-refractivity contribution in [2.45, 2.75) is 55.1 Å². The molecule has 0 spiro atoms. The third-order valence-corrected chi connectivity index (χ3v) is 8.28. The molecule has 7 nitrogen and oxygen atoms in total. The molecule has 0 saturated carbocycles. The van der Waals surface area contributed by atoms with Gasteiger partial charge in [-0.2, -0.15) is 0 Å². The van der Waals surface area contributed by atoms with Crippen LogP contribution in [-0.2, 0) is 0 Å².